The molecule has 5 nitrogen and oxygen atoms in total. The SMILES string of the molecule is C=CCn1c(SCC(=O)Nc2ccc(C(F)(F)F)cc2)nc2sccc2c1=O. The van der Waals surface area contributed by atoms with E-state index in [-0.39, 0.29) is 23.5 Å². The summed E-state index contributed by atoms with van der Waals surface area (Å²) in [5.74, 6) is -0.475. The van der Waals surface area contributed by atoms with Gasteiger partial charge in [-0.1, -0.05) is 17.8 Å². The molecule has 0 aliphatic carbocycles. The summed E-state index contributed by atoms with van der Waals surface area (Å²) in [6, 6.07) is 5.87. The van der Waals surface area contributed by atoms with Crippen LogP contribution < -0.4 is 10.9 Å². The summed E-state index contributed by atoms with van der Waals surface area (Å²) in [5, 5.41) is 5.18. The van der Waals surface area contributed by atoms with E-state index in [4.69, 9.17) is 0 Å². The van der Waals surface area contributed by atoms with Gasteiger partial charge in [0.05, 0.1) is 16.7 Å². The Morgan fingerprint density at radius 3 is 2.64 bits per heavy atom. The molecule has 0 unspecified atom stereocenters. The third-order valence-corrected chi connectivity index (χ3v) is 5.47. The lowest BCUT2D eigenvalue weighted by Gasteiger charge is -2.11. The lowest BCUT2D eigenvalue weighted by molar-refractivity contribution is -0.137. The van der Waals surface area contributed by atoms with Crippen LogP contribution in [0.15, 0.2) is 58.3 Å². The van der Waals surface area contributed by atoms with E-state index in [0.29, 0.717) is 15.4 Å². The summed E-state index contributed by atoms with van der Waals surface area (Å²) in [6.45, 7) is 3.88. The Labute approximate surface area is 165 Å². The standard InChI is InChI=1S/C18H14F3N3O2S2/c1-2-8-24-16(26)13-7-9-27-15(13)23-17(24)28-10-14(25)22-12-5-3-11(4-6-12)18(19,20)21/h2-7,9H,1,8,10H2,(H,22,25). The minimum Gasteiger partial charge on any atom is -0.325 e. The van der Waals surface area contributed by atoms with Crippen LogP contribution >= 0.6 is 23.1 Å². The molecule has 1 aromatic carbocycles. The van der Waals surface area contributed by atoms with Crippen molar-refractivity contribution < 1.29 is 18.0 Å². The topological polar surface area (TPSA) is 64.0 Å². The molecule has 0 spiro atoms. The van der Waals surface area contributed by atoms with Crippen LogP contribution in [0.1, 0.15) is 5.56 Å². The van der Waals surface area contributed by atoms with E-state index in [2.05, 4.69) is 16.9 Å². The van der Waals surface area contributed by atoms with E-state index >= 15 is 0 Å². The molecular formula is C18H14F3N3O2S2. The van der Waals surface area contributed by atoms with Gasteiger partial charge in [0, 0.05) is 12.2 Å². The Bertz CT molecular complexity index is 1070. The first-order valence-corrected chi connectivity index (χ1v) is 9.85. The Morgan fingerprint density at radius 2 is 2.00 bits per heavy atom. The fourth-order valence-electron chi connectivity index (χ4n) is 2.40. The van der Waals surface area contributed by atoms with E-state index in [1.807, 2.05) is 0 Å². The van der Waals surface area contributed by atoms with Gasteiger partial charge in [0.1, 0.15) is 4.83 Å². The van der Waals surface area contributed by atoms with Crippen molar-refractivity contribution in [3.63, 3.8) is 0 Å². The summed E-state index contributed by atoms with van der Waals surface area (Å²) in [4.78, 5) is 29.7. The molecular weight excluding hydrogens is 411 g/mol. The highest BCUT2D eigenvalue weighted by atomic mass is 32.2. The van der Waals surface area contributed by atoms with Gasteiger partial charge < -0.3 is 5.32 Å². The largest absolute Gasteiger partial charge is 0.416 e. The first-order chi connectivity index (χ1) is 13.3. The Morgan fingerprint density at radius 1 is 1.29 bits per heavy atom. The third kappa shape index (κ3) is 4.45. The van der Waals surface area contributed by atoms with Gasteiger partial charge in [0.2, 0.25) is 5.91 Å². The predicted octanol–water partition coefficient (Wildman–Crippen LogP) is 4.39. The summed E-state index contributed by atoms with van der Waals surface area (Å²) < 4.78 is 39.2. The van der Waals surface area contributed by atoms with Crippen LogP contribution in [0.5, 0.6) is 0 Å². The Kier molecular flexibility index (Phi) is 5.90. The second kappa shape index (κ2) is 8.19. The molecule has 0 radical (unpaired) electrons. The molecule has 0 saturated carbocycles. The molecule has 0 atom stereocenters. The highest BCUT2D eigenvalue weighted by Gasteiger charge is 2.30. The molecule has 1 N–H and O–H groups in total. The quantitative estimate of drug-likeness (QED) is 0.361. The van der Waals surface area contributed by atoms with Crippen LogP contribution in [-0.2, 0) is 17.5 Å². The summed E-state index contributed by atoms with van der Waals surface area (Å²) in [5.41, 5.74) is -0.748. The van der Waals surface area contributed by atoms with E-state index in [1.165, 1.54) is 28.0 Å². The number of benzene rings is 1. The number of alkyl halides is 3. The number of fused-ring (bicyclic) bond motifs is 1. The number of allylic oxidation sites excluding steroid dienone is 1. The van der Waals surface area contributed by atoms with Crippen LogP contribution in [0.25, 0.3) is 10.2 Å². The van der Waals surface area contributed by atoms with Crippen molar-refractivity contribution in [3.8, 4) is 0 Å². The molecule has 28 heavy (non-hydrogen) atoms. The summed E-state index contributed by atoms with van der Waals surface area (Å²) >= 11 is 2.40. The second-order valence-corrected chi connectivity index (χ2v) is 7.49. The molecule has 0 saturated heterocycles. The van der Waals surface area contributed by atoms with Gasteiger partial charge in [-0.15, -0.1) is 17.9 Å². The fraction of sp³-hybridized carbons (Fsp3) is 0.167. The Hall–Kier alpha value is -2.59. The maximum Gasteiger partial charge on any atom is 0.416 e. The number of thioether (sulfide) groups is 1. The molecule has 146 valence electrons. The number of carbonyl (C=O) groups is 1. The fourth-order valence-corrected chi connectivity index (χ4v) is 4.01. The van der Waals surface area contributed by atoms with Gasteiger partial charge in [0.15, 0.2) is 5.16 Å². The molecule has 0 bridgehead atoms. The molecule has 2 aromatic heterocycles. The monoisotopic (exact) mass is 425 g/mol. The smallest absolute Gasteiger partial charge is 0.325 e. The van der Waals surface area contributed by atoms with Crippen molar-refractivity contribution in [1.29, 1.82) is 0 Å². The van der Waals surface area contributed by atoms with Crippen LogP contribution in [0, 0.1) is 0 Å². The zero-order chi connectivity index (χ0) is 20.3. The van der Waals surface area contributed by atoms with Gasteiger partial charge in [0.25, 0.3) is 5.56 Å². The second-order valence-electron chi connectivity index (χ2n) is 5.65. The first kappa shape index (κ1) is 20.2. The average molecular weight is 425 g/mol. The number of hydrogen-bond donors (Lipinski definition) is 1. The minimum absolute atomic E-state index is 0.0541. The number of hydrogen-bond acceptors (Lipinski definition) is 5. The van der Waals surface area contributed by atoms with Gasteiger partial charge >= 0.3 is 6.18 Å². The average Bonchev–Trinajstić information content (AvgIpc) is 3.11. The predicted molar refractivity (Wildman–Crippen MR) is 105 cm³/mol. The zero-order valence-corrected chi connectivity index (χ0v) is 16.0. The molecule has 0 aliphatic rings. The highest BCUT2D eigenvalue weighted by molar-refractivity contribution is 7.99. The van der Waals surface area contributed by atoms with Crippen LogP contribution in [0.2, 0.25) is 0 Å². The van der Waals surface area contributed by atoms with Crippen LogP contribution in [0.4, 0.5) is 18.9 Å². The maximum atomic E-state index is 12.6. The van der Waals surface area contributed by atoms with Crippen LogP contribution in [-0.4, -0.2) is 21.2 Å². The number of aromatic nitrogens is 2. The maximum absolute atomic E-state index is 12.6. The molecule has 2 heterocycles. The first-order valence-electron chi connectivity index (χ1n) is 7.98. The van der Waals surface area contributed by atoms with E-state index in [1.54, 1.807) is 17.5 Å². The molecule has 0 aliphatic heterocycles. The Balaban J connectivity index is 1.71. The molecule has 10 heteroatoms. The zero-order valence-electron chi connectivity index (χ0n) is 14.3. The summed E-state index contributed by atoms with van der Waals surface area (Å²) in [6.07, 6.45) is -2.87. The number of amides is 1. The van der Waals surface area contributed by atoms with Crippen molar-refractivity contribution in [2.75, 3.05) is 11.1 Å². The van der Waals surface area contributed by atoms with E-state index < -0.39 is 17.6 Å². The number of carbonyl (C=O) groups excluding carboxylic acids is 1. The van der Waals surface area contributed by atoms with Gasteiger partial charge in [-0.05, 0) is 35.7 Å². The minimum atomic E-state index is -4.43. The normalized spacial score (nSPS) is 11.5. The number of nitrogens with one attached hydrogen (secondary N) is 1. The highest BCUT2D eigenvalue weighted by Crippen LogP contribution is 2.30. The van der Waals surface area contributed by atoms with Crippen LogP contribution in [0.3, 0.4) is 0 Å². The number of rotatable bonds is 6. The van der Waals surface area contributed by atoms with Crippen molar-refractivity contribution in [1.82, 2.24) is 9.55 Å². The van der Waals surface area contributed by atoms with Gasteiger partial charge in [-0.25, -0.2) is 4.98 Å². The number of thiophene rings is 1. The van der Waals surface area contributed by atoms with E-state index in [9.17, 15) is 22.8 Å². The third-order valence-electron chi connectivity index (χ3n) is 3.69. The molecule has 3 rings (SSSR count). The van der Waals surface area contributed by atoms with Crippen molar-refractivity contribution >= 4 is 44.9 Å². The molecule has 3 aromatic rings. The van der Waals surface area contributed by atoms with Crippen molar-refractivity contribution in [2.24, 2.45) is 0 Å². The lowest BCUT2D eigenvalue weighted by atomic mass is 10.2. The number of nitrogens with zero attached hydrogens (tertiary/aromatic N) is 2. The number of halogens is 3. The van der Waals surface area contributed by atoms with Gasteiger partial charge in [-0.2, -0.15) is 13.2 Å². The molecule has 0 fully saturated rings. The lowest BCUT2D eigenvalue weighted by Crippen LogP contribution is -2.23. The van der Waals surface area contributed by atoms with Crippen molar-refractivity contribution in [2.45, 2.75) is 17.9 Å². The number of anilines is 1. The van der Waals surface area contributed by atoms with Gasteiger partial charge in [-0.3, -0.25) is 14.2 Å². The van der Waals surface area contributed by atoms with E-state index in [0.717, 1.165) is 23.9 Å². The summed E-state index contributed by atoms with van der Waals surface area (Å²) in [7, 11) is 0. The van der Waals surface area contributed by atoms with Crippen molar-refractivity contribution in [3.05, 3.63) is 64.3 Å². The molecule has 1 amide bonds.